The van der Waals surface area contributed by atoms with Crippen LogP contribution in [0.1, 0.15) is 15.9 Å². The Labute approximate surface area is 105 Å². The normalized spacial score (nSPS) is 18.2. The molecule has 1 aliphatic heterocycles. The smallest absolute Gasteiger partial charge is 0.345 e. The Hall–Kier alpha value is -1.56. The molecule has 0 spiro atoms. The van der Waals surface area contributed by atoms with E-state index in [-0.39, 0.29) is 6.42 Å². The number of hydrogen-bond donors (Lipinski definition) is 1. The topological polar surface area (TPSA) is 72.8 Å². The van der Waals surface area contributed by atoms with Gasteiger partial charge in [-0.2, -0.15) is 0 Å². The van der Waals surface area contributed by atoms with Gasteiger partial charge in [-0.3, -0.25) is 0 Å². The molecule has 0 saturated heterocycles. The fourth-order valence-electron chi connectivity index (χ4n) is 1.68. The Morgan fingerprint density at radius 1 is 1.59 bits per heavy atom. The van der Waals surface area contributed by atoms with E-state index in [1.165, 1.54) is 7.11 Å². The Morgan fingerprint density at radius 2 is 2.29 bits per heavy atom. The van der Waals surface area contributed by atoms with Crippen molar-refractivity contribution < 1.29 is 24.2 Å². The number of esters is 1. The van der Waals surface area contributed by atoms with Crippen molar-refractivity contribution in [1.29, 1.82) is 0 Å². The van der Waals surface area contributed by atoms with Crippen molar-refractivity contribution in [3.05, 3.63) is 27.7 Å². The van der Waals surface area contributed by atoms with Crippen molar-refractivity contribution in [2.75, 3.05) is 7.11 Å². The highest BCUT2D eigenvalue weighted by molar-refractivity contribution is 9.10. The lowest BCUT2D eigenvalue weighted by Gasteiger charge is -2.22. The lowest BCUT2D eigenvalue weighted by atomic mass is 9.98. The number of methoxy groups -OCH3 is 1. The quantitative estimate of drug-likeness (QED) is 0.840. The van der Waals surface area contributed by atoms with E-state index in [1.54, 1.807) is 12.1 Å². The first-order valence-corrected chi connectivity index (χ1v) is 5.62. The first kappa shape index (κ1) is 11.9. The third-order valence-electron chi connectivity index (χ3n) is 2.53. The van der Waals surface area contributed by atoms with Gasteiger partial charge in [0, 0.05) is 6.42 Å². The average molecular weight is 301 g/mol. The standard InChI is InChI=1S/C11H9BrO5/c1-16-8-2-5-3-9(10(13)14)17-11(15)6(5)4-7(8)12/h2,4,9H,3H2,1H3,(H,13,14). The highest BCUT2D eigenvalue weighted by Crippen LogP contribution is 2.32. The number of carbonyl (C=O) groups is 2. The number of halogens is 1. The monoisotopic (exact) mass is 300 g/mol. The Kier molecular flexibility index (Phi) is 3.06. The van der Waals surface area contributed by atoms with Crippen LogP contribution in [0, 0.1) is 0 Å². The molecular formula is C11H9BrO5. The van der Waals surface area contributed by atoms with Gasteiger partial charge in [0.15, 0.2) is 0 Å². The summed E-state index contributed by atoms with van der Waals surface area (Å²) < 4.78 is 10.5. The number of carboxylic acid groups (broad SMARTS) is 1. The van der Waals surface area contributed by atoms with E-state index in [0.717, 1.165) is 0 Å². The molecule has 6 heteroatoms. The molecule has 1 unspecified atom stereocenters. The number of cyclic esters (lactones) is 1. The van der Waals surface area contributed by atoms with Crippen LogP contribution in [0.2, 0.25) is 0 Å². The van der Waals surface area contributed by atoms with Gasteiger partial charge < -0.3 is 14.6 Å². The van der Waals surface area contributed by atoms with Crippen LogP contribution >= 0.6 is 15.9 Å². The zero-order valence-corrected chi connectivity index (χ0v) is 10.5. The van der Waals surface area contributed by atoms with Crippen LogP contribution in [0.25, 0.3) is 0 Å². The average Bonchev–Trinajstić information content (AvgIpc) is 2.29. The highest BCUT2D eigenvalue weighted by atomic mass is 79.9. The molecule has 1 heterocycles. The largest absolute Gasteiger partial charge is 0.496 e. The maximum Gasteiger partial charge on any atom is 0.345 e. The van der Waals surface area contributed by atoms with Crippen LogP contribution in [0.5, 0.6) is 5.75 Å². The second-order valence-electron chi connectivity index (χ2n) is 3.58. The lowest BCUT2D eigenvalue weighted by molar-refractivity contribution is -0.147. The van der Waals surface area contributed by atoms with Crippen LogP contribution in [0.3, 0.4) is 0 Å². The van der Waals surface area contributed by atoms with Gasteiger partial charge in [-0.1, -0.05) is 0 Å². The van der Waals surface area contributed by atoms with Crippen LogP contribution < -0.4 is 4.74 Å². The number of ether oxygens (including phenoxy) is 2. The van der Waals surface area contributed by atoms with Gasteiger partial charge in [0.25, 0.3) is 0 Å². The van der Waals surface area contributed by atoms with E-state index in [0.29, 0.717) is 21.3 Å². The van der Waals surface area contributed by atoms with Gasteiger partial charge in [0.2, 0.25) is 6.10 Å². The summed E-state index contributed by atoms with van der Waals surface area (Å²) in [5.74, 6) is -1.21. The first-order chi connectivity index (χ1) is 8.02. The van der Waals surface area contributed by atoms with Crippen molar-refractivity contribution in [3.63, 3.8) is 0 Å². The third kappa shape index (κ3) is 2.12. The summed E-state index contributed by atoms with van der Waals surface area (Å²) in [5.41, 5.74) is 0.990. The summed E-state index contributed by atoms with van der Waals surface area (Å²) >= 11 is 3.26. The molecular weight excluding hydrogens is 292 g/mol. The van der Waals surface area contributed by atoms with Gasteiger partial charge in [0.05, 0.1) is 17.1 Å². The molecule has 0 amide bonds. The SMILES string of the molecule is COc1cc2c(cc1Br)C(=O)OC(C(=O)O)C2. The van der Waals surface area contributed by atoms with Crippen molar-refractivity contribution in [1.82, 2.24) is 0 Å². The number of fused-ring (bicyclic) bond motifs is 1. The molecule has 0 saturated carbocycles. The predicted octanol–water partition coefficient (Wildman–Crippen LogP) is 1.62. The van der Waals surface area contributed by atoms with Gasteiger partial charge in [-0.25, -0.2) is 9.59 Å². The van der Waals surface area contributed by atoms with Crippen molar-refractivity contribution in [2.24, 2.45) is 0 Å². The number of rotatable bonds is 2. The fraction of sp³-hybridized carbons (Fsp3) is 0.273. The molecule has 5 nitrogen and oxygen atoms in total. The molecule has 0 aliphatic carbocycles. The second kappa shape index (κ2) is 4.37. The maximum absolute atomic E-state index is 11.6. The molecule has 2 rings (SSSR count). The van der Waals surface area contributed by atoms with E-state index in [4.69, 9.17) is 14.6 Å². The molecule has 90 valence electrons. The minimum absolute atomic E-state index is 0.153. The van der Waals surface area contributed by atoms with Crippen molar-refractivity contribution in [2.45, 2.75) is 12.5 Å². The summed E-state index contributed by atoms with van der Waals surface area (Å²) in [7, 11) is 1.50. The number of hydrogen-bond acceptors (Lipinski definition) is 4. The van der Waals surface area contributed by atoms with E-state index >= 15 is 0 Å². The van der Waals surface area contributed by atoms with E-state index in [9.17, 15) is 9.59 Å². The number of carboxylic acids is 1. The number of aliphatic carboxylic acids is 1. The fourth-order valence-corrected chi connectivity index (χ4v) is 2.19. The molecule has 0 bridgehead atoms. The summed E-state index contributed by atoms with van der Waals surface area (Å²) in [6.07, 6.45) is -0.971. The van der Waals surface area contributed by atoms with Crippen molar-refractivity contribution >= 4 is 27.9 Å². The molecule has 0 fully saturated rings. The molecule has 1 N–H and O–H groups in total. The summed E-state index contributed by atoms with van der Waals surface area (Å²) in [6, 6.07) is 3.23. The molecule has 0 aromatic heterocycles. The summed E-state index contributed by atoms with van der Waals surface area (Å²) in [5, 5.41) is 8.84. The Balaban J connectivity index is 2.46. The van der Waals surface area contributed by atoms with E-state index in [2.05, 4.69) is 15.9 Å². The van der Waals surface area contributed by atoms with E-state index in [1.807, 2.05) is 0 Å². The Bertz CT molecular complexity index is 497. The molecule has 17 heavy (non-hydrogen) atoms. The molecule has 1 aliphatic rings. The van der Waals surface area contributed by atoms with Crippen LogP contribution in [-0.4, -0.2) is 30.3 Å². The van der Waals surface area contributed by atoms with Crippen LogP contribution in [0.15, 0.2) is 16.6 Å². The molecule has 0 radical (unpaired) electrons. The minimum Gasteiger partial charge on any atom is -0.496 e. The first-order valence-electron chi connectivity index (χ1n) is 4.83. The zero-order chi connectivity index (χ0) is 12.6. The van der Waals surface area contributed by atoms with Crippen LogP contribution in [0.4, 0.5) is 0 Å². The van der Waals surface area contributed by atoms with Gasteiger partial charge in [-0.05, 0) is 33.6 Å². The third-order valence-corrected chi connectivity index (χ3v) is 3.15. The van der Waals surface area contributed by atoms with Gasteiger partial charge in [-0.15, -0.1) is 0 Å². The van der Waals surface area contributed by atoms with Gasteiger partial charge in [0.1, 0.15) is 5.75 Å². The van der Waals surface area contributed by atoms with Crippen LogP contribution in [-0.2, 0) is 16.0 Å². The molecule has 1 aromatic rings. The van der Waals surface area contributed by atoms with Crippen molar-refractivity contribution in [3.8, 4) is 5.75 Å². The number of benzene rings is 1. The minimum atomic E-state index is -1.15. The number of carbonyl (C=O) groups excluding carboxylic acids is 1. The maximum atomic E-state index is 11.6. The lowest BCUT2D eigenvalue weighted by Crippen LogP contribution is -2.34. The summed E-state index contributed by atoms with van der Waals surface area (Å²) in [6.45, 7) is 0. The zero-order valence-electron chi connectivity index (χ0n) is 8.90. The van der Waals surface area contributed by atoms with Gasteiger partial charge >= 0.3 is 11.9 Å². The molecule has 1 atom stereocenters. The predicted molar refractivity (Wildman–Crippen MR) is 61.2 cm³/mol. The summed E-state index contributed by atoms with van der Waals surface area (Å²) in [4.78, 5) is 22.4. The second-order valence-corrected chi connectivity index (χ2v) is 4.43. The van der Waals surface area contributed by atoms with E-state index < -0.39 is 18.0 Å². The Morgan fingerprint density at radius 3 is 2.88 bits per heavy atom. The molecule has 1 aromatic carbocycles. The highest BCUT2D eigenvalue weighted by Gasteiger charge is 2.31.